The van der Waals surface area contributed by atoms with Crippen LogP contribution in [-0.4, -0.2) is 12.6 Å². The van der Waals surface area contributed by atoms with Gasteiger partial charge >= 0.3 is 6.02 Å². The fraction of sp³-hybridized carbons (Fsp3) is 0.182. The first-order valence-corrected chi connectivity index (χ1v) is 4.64. The Morgan fingerprint density at radius 1 is 1.36 bits per heavy atom. The molecule has 1 aromatic rings. The van der Waals surface area contributed by atoms with Gasteiger partial charge in [0.1, 0.15) is 0 Å². The Balaban J connectivity index is 2.17. The summed E-state index contributed by atoms with van der Waals surface area (Å²) < 4.78 is 5.62. The Labute approximate surface area is 82.3 Å². The van der Waals surface area contributed by atoms with Crippen molar-refractivity contribution in [2.75, 3.05) is 11.4 Å². The molecule has 0 amide bonds. The molecule has 0 aliphatic carbocycles. The molecule has 0 saturated carbocycles. The third-order valence-electron chi connectivity index (χ3n) is 2.46. The topological polar surface area (TPSA) is 24.8 Å². The van der Waals surface area contributed by atoms with Crippen molar-refractivity contribution in [3.63, 3.8) is 0 Å². The fourth-order valence-electron chi connectivity index (χ4n) is 1.77. The van der Waals surface area contributed by atoms with E-state index in [0.29, 0.717) is 12.6 Å². The van der Waals surface area contributed by atoms with Crippen molar-refractivity contribution in [2.45, 2.75) is 6.92 Å². The predicted octanol–water partition coefficient (Wildman–Crippen LogP) is 2.16. The van der Waals surface area contributed by atoms with Crippen molar-refractivity contribution in [3.05, 3.63) is 36.0 Å². The molecule has 0 saturated heterocycles. The largest absolute Gasteiger partial charge is 0.423 e. The van der Waals surface area contributed by atoms with E-state index in [4.69, 9.17) is 4.74 Å². The highest BCUT2D eigenvalue weighted by Gasteiger charge is 2.29. The van der Waals surface area contributed by atoms with Crippen LogP contribution in [0.2, 0.25) is 0 Å². The Hall–Kier alpha value is -1.77. The van der Waals surface area contributed by atoms with Gasteiger partial charge in [-0.15, -0.1) is 0 Å². The van der Waals surface area contributed by atoms with E-state index in [2.05, 4.69) is 18.0 Å². The van der Waals surface area contributed by atoms with Crippen LogP contribution < -0.4 is 9.64 Å². The van der Waals surface area contributed by atoms with Gasteiger partial charge in [-0.3, -0.25) is 4.90 Å². The molecule has 1 aromatic carbocycles. The molecule has 3 heteroatoms. The van der Waals surface area contributed by atoms with Gasteiger partial charge in [0, 0.05) is 5.70 Å². The van der Waals surface area contributed by atoms with Gasteiger partial charge in [0.2, 0.25) is 0 Å². The first-order chi connectivity index (χ1) is 6.86. The van der Waals surface area contributed by atoms with Crippen LogP contribution in [-0.2, 0) is 0 Å². The molecule has 0 aromatic heterocycles. The van der Waals surface area contributed by atoms with E-state index >= 15 is 0 Å². The second-order valence-electron chi connectivity index (χ2n) is 3.37. The maximum atomic E-state index is 5.62. The smallest absolute Gasteiger partial charge is 0.302 e. The van der Waals surface area contributed by atoms with Crippen LogP contribution in [0.3, 0.4) is 0 Å². The fourth-order valence-corrected chi connectivity index (χ4v) is 1.77. The predicted molar refractivity (Wildman–Crippen MR) is 55.6 cm³/mol. The van der Waals surface area contributed by atoms with E-state index in [1.807, 2.05) is 29.2 Å². The quantitative estimate of drug-likeness (QED) is 0.620. The van der Waals surface area contributed by atoms with E-state index in [0.717, 1.165) is 11.4 Å². The molecule has 0 spiro atoms. The van der Waals surface area contributed by atoms with Crippen molar-refractivity contribution in [1.82, 2.24) is 0 Å². The summed E-state index contributed by atoms with van der Waals surface area (Å²) in [6.45, 7) is 2.78. The lowest BCUT2D eigenvalue weighted by molar-refractivity contribution is 0.560. The molecule has 3 nitrogen and oxygen atoms in total. The summed E-state index contributed by atoms with van der Waals surface area (Å²) in [6, 6.07) is 8.68. The first-order valence-electron chi connectivity index (χ1n) is 4.64. The van der Waals surface area contributed by atoms with E-state index in [1.54, 1.807) is 0 Å². The molecule has 3 rings (SSSR count). The third-order valence-corrected chi connectivity index (χ3v) is 2.46. The zero-order valence-electron chi connectivity index (χ0n) is 7.90. The number of allylic oxidation sites excluding steroid dienone is 1. The van der Waals surface area contributed by atoms with Gasteiger partial charge < -0.3 is 4.74 Å². The number of amidine groups is 1. The standard InChI is InChI=1S/C11H10N2O/c1-8-6-7-12-11-13(8)9-4-2-3-5-10(9)14-11/h2-6H,7H2,1H3. The van der Waals surface area contributed by atoms with Crippen molar-refractivity contribution in [1.29, 1.82) is 0 Å². The Bertz CT molecular complexity index is 448. The average molecular weight is 186 g/mol. The zero-order chi connectivity index (χ0) is 9.54. The molecule has 14 heavy (non-hydrogen) atoms. The molecule has 0 fully saturated rings. The van der Waals surface area contributed by atoms with E-state index in [-0.39, 0.29) is 0 Å². The average Bonchev–Trinajstić information content (AvgIpc) is 2.57. The van der Waals surface area contributed by atoms with Crippen LogP contribution in [0.15, 0.2) is 41.0 Å². The van der Waals surface area contributed by atoms with Gasteiger partial charge in [-0.05, 0) is 25.1 Å². The van der Waals surface area contributed by atoms with Crippen LogP contribution in [0, 0.1) is 0 Å². The van der Waals surface area contributed by atoms with Crippen LogP contribution in [0.25, 0.3) is 0 Å². The highest BCUT2D eigenvalue weighted by Crippen LogP contribution is 2.37. The minimum absolute atomic E-state index is 0.700. The van der Waals surface area contributed by atoms with E-state index < -0.39 is 0 Å². The summed E-state index contributed by atoms with van der Waals surface area (Å²) in [7, 11) is 0. The lowest BCUT2D eigenvalue weighted by Crippen LogP contribution is -2.30. The molecule has 2 aliphatic rings. The van der Waals surface area contributed by atoms with Crippen molar-refractivity contribution in [2.24, 2.45) is 4.99 Å². The lowest BCUT2D eigenvalue weighted by atomic mass is 10.2. The number of fused-ring (bicyclic) bond motifs is 3. The third kappa shape index (κ3) is 0.894. The summed E-state index contributed by atoms with van der Waals surface area (Å²) in [5, 5.41) is 0. The molecule has 0 atom stereocenters. The molecule has 0 radical (unpaired) electrons. The minimum Gasteiger partial charge on any atom is -0.423 e. The number of ether oxygens (including phenoxy) is 1. The van der Waals surface area contributed by atoms with Crippen LogP contribution in [0.5, 0.6) is 5.75 Å². The Morgan fingerprint density at radius 2 is 2.21 bits per heavy atom. The minimum atomic E-state index is 0.700. The molecule has 70 valence electrons. The van der Waals surface area contributed by atoms with Gasteiger partial charge in [0.25, 0.3) is 0 Å². The van der Waals surface area contributed by atoms with Crippen molar-refractivity contribution in [3.8, 4) is 5.75 Å². The molecule has 0 bridgehead atoms. The number of hydrogen-bond acceptors (Lipinski definition) is 3. The lowest BCUT2D eigenvalue weighted by Gasteiger charge is -2.20. The number of rotatable bonds is 0. The van der Waals surface area contributed by atoms with Crippen LogP contribution >= 0.6 is 0 Å². The van der Waals surface area contributed by atoms with Crippen LogP contribution in [0.4, 0.5) is 5.69 Å². The highest BCUT2D eigenvalue weighted by atomic mass is 16.5. The molecule has 0 unspecified atom stereocenters. The maximum Gasteiger partial charge on any atom is 0.302 e. The number of benzene rings is 1. The molecule has 2 heterocycles. The van der Waals surface area contributed by atoms with Gasteiger partial charge in [-0.25, -0.2) is 4.99 Å². The van der Waals surface area contributed by atoms with E-state index in [9.17, 15) is 0 Å². The van der Waals surface area contributed by atoms with E-state index in [1.165, 1.54) is 5.70 Å². The second kappa shape index (κ2) is 2.61. The maximum absolute atomic E-state index is 5.62. The van der Waals surface area contributed by atoms with Gasteiger partial charge in [-0.1, -0.05) is 12.1 Å². The summed E-state index contributed by atoms with van der Waals surface area (Å²) >= 11 is 0. The monoisotopic (exact) mass is 186 g/mol. The Morgan fingerprint density at radius 3 is 3.14 bits per heavy atom. The van der Waals surface area contributed by atoms with Crippen molar-refractivity contribution < 1.29 is 4.74 Å². The first kappa shape index (κ1) is 7.62. The molecular weight excluding hydrogens is 176 g/mol. The SMILES string of the molecule is CC1=CCN=C2Oc3ccccc3N12. The number of anilines is 1. The highest BCUT2D eigenvalue weighted by molar-refractivity contribution is 6.03. The molecular formula is C11H10N2O. The number of aliphatic imine (C=N–C) groups is 1. The van der Waals surface area contributed by atoms with Gasteiger partial charge in [0.05, 0.1) is 12.2 Å². The summed E-state index contributed by atoms with van der Waals surface area (Å²) in [4.78, 5) is 6.34. The second-order valence-corrected chi connectivity index (χ2v) is 3.37. The summed E-state index contributed by atoms with van der Waals surface area (Å²) in [6.07, 6.45) is 2.09. The number of para-hydroxylation sites is 2. The van der Waals surface area contributed by atoms with Crippen molar-refractivity contribution >= 4 is 11.7 Å². The molecule has 0 N–H and O–H groups in total. The summed E-state index contributed by atoms with van der Waals surface area (Å²) in [5.74, 6) is 0.890. The van der Waals surface area contributed by atoms with Crippen LogP contribution in [0.1, 0.15) is 6.92 Å². The van der Waals surface area contributed by atoms with Gasteiger partial charge in [0.15, 0.2) is 5.75 Å². The zero-order valence-corrected chi connectivity index (χ0v) is 7.90. The summed E-state index contributed by atoms with van der Waals surface area (Å²) in [5.41, 5.74) is 2.26. The normalized spacial score (nSPS) is 17.9. The number of nitrogens with zero attached hydrogens (tertiary/aromatic N) is 2. The Kier molecular flexibility index (Phi) is 1.42. The number of hydrogen-bond donors (Lipinski definition) is 0. The molecule has 2 aliphatic heterocycles. The van der Waals surface area contributed by atoms with Gasteiger partial charge in [-0.2, -0.15) is 0 Å².